The smallest absolute Gasteiger partial charge is 0.399 e. The topological polar surface area (TPSA) is 38.5 Å². The summed E-state index contributed by atoms with van der Waals surface area (Å²) in [6, 6.07) is 3.94. The third-order valence-corrected chi connectivity index (χ3v) is 3.82. The van der Waals surface area contributed by atoms with E-state index in [-0.39, 0.29) is 11.4 Å². The van der Waals surface area contributed by atoms with Crippen molar-refractivity contribution >= 4 is 11.4 Å². The lowest BCUT2D eigenvalue weighted by molar-refractivity contribution is -0.137. The number of nitrogens with two attached hydrogens (primary N) is 1. The van der Waals surface area contributed by atoms with E-state index < -0.39 is 17.3 Å². The van der Waals surface area contributed by atoms with Gasteiger partial charge in [0.2, 0.25) is 0 Å². The number of piperidine rings is 1. The van der Waals surface area contributed by atoms with E-state index in [0.717, 1.165) is 18.9 Å². The summed E-state index contributed by atoms with van der Waals surface area (Å²) in [5, 5.41) is 0. The van der Waals surface area contributed by atoms with Crippen LogP contribution < -0.4 is 10.6 Å². The Balaban J connectivity index is 2.37. The lowest BCUT2D eigenvalue weighted by atomic mass is 9.93. The van der Waals surface area contributed by atoms with Gasteiger partial charge in [-0.3, -0.25) is 0 Å². The van der Waals surface area contributed by atoms with Gasteiger partial charge in [0, 0.05) is 31.6 Å². The summed E-state index contributed by atoms with van der Waals surface area (Å²) in [6.45, 7) is 2.95. The summed E-state index contributed by atoms with van der Waals surface area (Å²) >= 11 is 0. The highest BCUT2D eigenvalue weighted by Crippen LogP contribution is 2.39. The molecule has 0 spiro atoms. The fourth-order valence-electron chi connectivity index (χ4n) is 2.63. The molecule has 0 saturated carbocycles. The number of rotatable bonds is 2. The quantitative estimate of drug-likeness (QED) is 0.849. The zero-order valence-corrected chi connectivity index (χ0v) is 11.6. The van der Waals surface area contributed by atoms with Gasteiger partial charge in [0.15, 0.2) is 0 Å². The van der Waals surface area contributed by atoms with Crippen molar-refractivity contribution in [1.82, 2.24) is 0 Å². The molecule has 112 valence electrons. The maximum absolute atomic E-state index is 13.1. The molecule has 2 N–H and O–H groups in total. The summed E-state index contributed by atoms with van der Waals surface area (Å²) < 4.78 is 44.9. The Morgan fingerprint density at radius 1 is 1.35 bits per heavy atom. The monoisotopic (exact) mass is 288 g/mol. The lowest BCUT2D eigenvalue weighted by Gasteiger charge is -2.41. The van der Waals surface area contributed by atoms with Crippen molar-refractivity contribution in [3.8, 4) is 0 Å². The van der Waals surface area contributed by atoms with Crippen LogP contribution >= 0.6 is 0 Å². The first-order valence-corrected chi connectivity index (χ1v) is 6.52. The SMILES string of the molecule is COC1(C)CCCN(c2ccc(N)cc2C(F)(F)F)C1. The molecule has 3 nitrogen and oxygen atoms in total. The van der Waals surface area contributed by atoms with Crippen molar-refractivity contribution in [2.24, 2.45) is 0 Å². The molecule has 0 bridgehead atoms. The molecule has 1 aliphatic heterocycles. The first-order valence-electron chi connectivity index (χ1n) is 6.52. The first-order chi connectivity index (χ1) is 9.25. The normalized spacial score (nSPS) is 23.9. The number of hydrogen-bond acceptors (Lipinski definition) is 3. The van der Waals surface area contributed by atoms with Crippen LogP contribution in [0, 0.1) is 0 Å². The van der Waals surface area contributed by atoms with E-state index in [2.05, 4.69) is 0 Å². The van der Waals surface area contributed by atoms with E-state index in [4.69, 9.17) is 10.5 Å². The molecular weight excluding hydrogens is 269 g/mol. The molecule has 1 unspecified atom stereocenters. The van der Waals surface area contributed by atoms with Gasteiger partial charge in [0.05, 0.1) is 11.2 Å². The fourth-order valence-corrected chi connectivity index (χ4v) is 2.63. The fraction of sp³-hybridized carbons (Fsp3) is 0.571. The van der Waals surface area contributed by atoms with Crippen LogP contribution in [-0.4, -0.2) is 25.8 Å². The standard InChI is InChI=1S/C14H19F3N2O/c1-13(20-2)6-3-7-19(9-13)12-5-4-10(18)8-11(12)14(15,16)17/h4-5,8H,3,6-7,9,18H2,1-2H3. The predicted octanol–water partition coefficient (Wildman–Crippen LogP) is 3.29. The number of methoxy groups -OCH3 is 1. The minimum Gasteiger partial charge on any atom is -0.399 e. The van der Waals surface area contributed by atoms with Crippen LogP contribution in [0.1, 0.15) is 25.3 Å². The Kier molecular flexibility index (Phi) is 3.86. The van der Waals surface area contributed by atoms with Crippen LogP contribution in [0.2, 0.25) is 0 Å². The van der Waals surface area contributed by atoms with E-state index in [1.54, 1.807) is 12.0 Å². The summed E-state index contributed by atoms with van der Waals surface area (Å²) in [7, 11) is 1.59. The number of hydrogen-bond donors (Lipinski definition) is 1. The summed E-state index contributed by atoms with van der Waals surface area (Å²) in [5.74, 6) is 0. The molecule has 1 aliphatic rings. The second-order valence-electron chi connectivity index (χ2n) is 5.45. The number of alkyl halides is 3. The Hall–Kier alpha value is -1.43. The average Bonchev–Trinajstić information content (AvgIpc) is 2.38. The molecule has 20 heavy (non-hydrogen) atoms. The number of ether oxygens (including phenoxy) is 1. The van der Waals surface area contributed by atoms with Gasteiger partial charge in [-0.25, -0.2) is 0 Å². The minimum absolute atomic E-state index is 0.118. The van der Waals surface area contributed by atoms with E-state index in [9.17, 15) is 13.2 Å². The van der Waals surface area contributed by atoms with E-state index in [1.165, 1.54) is 12.1 Å². The van der Waals surface area contributed by atoms with Crippen LogP contribution in [0.25, 0.3) is 0 Å². The Morgan fingerprint density at radius 3 is 2.65 bits per heavy atom. The Morgan fingerprint density at radius 2 is 2.05 bits per heavy atom. The largest absolute Gasteiger partial charge is 0.418 e. The molecule has 0 radical (unpaired) electrons. The third-order valence-electron chi connectivity index (χ3n) is 3.82. The highest BCUT2D eigenvalue weighted by atomic mass is 19.4. The molecule has 6 heteroatoms. The van der Waals surface area contributed by atoms with Gasteiger partial charge in [0.25, 0.3) is 0 Å². The number of nitrogen functional groups attached to an aromatic ring is 1. The van der Waals surface area contributed by atoms with Crippen LogP contribution in [0.15, 0.2) is 18.2 Å². The van der Waals surface area contributed by atoms with Gasteiger partial charge in [-0.05, 0) is 38.0 Å². The van der Waals surface area contributed by atoms with Gasteiger partial charge < -0.3 is 15.4 Å². The molecule has 1 fully saturated rings. The molecule has 1 saturated heterocycles. The molecule has 0 aliphatic carbocycles. The van der Waals surface area contributed by atoms with Crippen molar-refractivity contribution in [3.63, 3.8) is 0 Å². The number of nitrogens with zero attached hydrogens (tertiary/aromatic N) is 1. The van der Waals surface area contributed by atoms with Crippen LogP contribution in [0.4, 0.5) is 24.5 Å². The predicted molar refractivity (Wildman–Crippen MR) is 72.7 cm³/mol. The average molecular weight is 288 g/mol. The molecule has 1 aromatic carbocycles. The van der Waals surface area contributed by atoms with Crippen molar-refractivity contribution in [2.45, 2.75) is 31.5 Å². The maximum atomic E-state index is 13.1. The summed E-state index contributed by atoms with van der Waals surface area (Å²) in [5.41, 5.74) is 4.69. The van der Waals surface area contributed by atoms with Gasteiger partial charge >= 0.3 is 6.18 Å². The lowest BCUT2D eigenvalue weighted by Crippen LogP contribution is -2.48. The van der Waals surface area contributed by atoms with Crippen LogP contribution in [0.3, 0.4) is 0 Å². The molecule has 0 aromatic heterocycles. The second-order valence-corrected chi connectivity index (χ2v) is 5.45. The zero-order chi connectivity index (χ0) is 15.0. The zero-order valence-electron chi connectivity index (χ0n) is 11.6. The van der Waals surface area contributed by atoms with Gasteiger partial charge in [0.1, 0.15) is 0 Å². The van der Waals surface area contributed by atoms with Gasteiger partial charge in [-0.2, -0.15) is 13.2 Å². The third kappa shape index (κ3) is 3.00. The van der Waals surface area contributed by atoms with E-state index in [0.29, 0.717) is 13.1 Å². The number of halogens is 3. The van der Waals surface area contributed by atoms with Gasteiger partial charge in [-0.1, -0.05) is 0 Å². The van der Waals surface area contributed by atoms with Crippen LogP contribution in [-0.2, 0) is 10.9 Å². The van der Waals surface area contributed by atoms with Crippen molar-refractivity contribution in [1.29, 1.82) is 0 Å². The molecule has 0 amide bonds. The highest BCUT2D eigenvalue weighted by Gasteiger charge is 2.38. The molecule has 1 aromatic rings. The molecule has 2 rings (SSSR count). The maximum Gasteiger partial charge on any atom is 0.418 e. The number of benzene rings is 1. The number of anilines is 2. The Labute approximate surface area is 116 Å². The van der Waals surface area contributed by atoms with Crippen molar-refractivity contribution < 1.29 is 17.9 Å². The van der Waals surface area contributed by atoms with E-state index >= 15 is 0 Å². The molecular formula is C14H19F3N2O. The first kappa shape index (κ1) is 15.0. The summed E-state index contributed by atoms with van der Waals surface area (Å²) in [4.78, 5) is 1.73. The Bertz CT molecular complexity index is 490. The minimum atomic E-state index is -4.41. The van der Waals surface area contributed by atoms with Crippen molar-refractivity contribution in [2.75, 3.05) is 30.8 Å². The highest BCUT2D eigenvalue weighted by molar-refractivity contribution is 5.61. The van der Waals surface area contributed by atoms with Crippen molar-refractivity contribution in [3.05, 3.63) is 23.8 Å². The summed E-state index contributed by atoms with van der Waals surface area (Å²) in [6.07, 6.45) is -2.77. The van der Waals surface area contributed by atoms with Gasteiger partial charge in [-0.15, -0.1) is 0 Å². The second kappa shape index (κ2) is 5.16. The van der Waals surface area contributed by atoms with E-state index in [1.807, 2.05) is 6.92 Å². The van der Waals surface area contributed by atoms with Crippen LogP contribution in [0.5, 0.6) is 0 Å². The molecule has 1 atom stereocenters. The molecule has 1 heterocycles.